The summed E-state index contributed by atoms with van der Waals surface area (Å²) in [7, 11) is 1.62. The summed E-state index contributed by atoms with van der Waals surface area (Å²) in [4.78, 5) is 0. The summed E-state index contributed by atoms with van der Waals surface area (Å²) in [5.74, 6) is -3.75. The van der Waals surface area contributed by atoms with Crippen LogP contribution in [-0.2, 0) is 0 Å². The van der Waals surface area contributed by atoms with Crippen LogP contribution in [0.4, 0.5) is 13.2 Å². The van der Waals surface area contributed by atoms with Gasteiger partial charge in [-0.1, -0.05) is 12.1 Å². The van der Waals surface area contributed by atoms with Crippen LogP contribution in [0.25, 0.3) is 0 Å². The van der Waals surface area contributed by atoms with Gasteiger partial charge in [0.2, 0.25) is 0 Å². The second-order valence-electron chi connectivity index (χ2n) is 3.13. The lowest BCUT2D eigenvalue weighted by Crippen LogP contribution is -2.17. The fraction of sp³-hybridized carbons (Fsp3) is 0.273. The number of hydrogen-bond acceptors (Lipinski definition) is 1. The summed E-state index contributed by atoms with van der Waals surface area (Å²) in [6, 6.07) is 1.76. The van der Waals surface area contributed by atoms with E-state index in [1.165, 1.54) is 6.07 Å². The SMILES string of the molecule is C=CCC(NC)c1ccc(F)c(F)c1F. The van der Waals surface area contributed by atoms with Crippen LogP contribution >= 0.6 is 0 Å². The Bertz CT molecular complexity index is 363. The number of nitrogens with one attached hydrogen (secondary N) is 1. The topological polar surface area (TPSA) is 12.0 Å². The lowest BCUT2D eigenvalue weighted by atomic mass is 10.0. The minimum absolute atomic E-state index is 0.108. The molecule has 82 valence electrons. The van der Waals surface area contributed by atoms with Crippen molar-refractivity contribution in [3.05, 3.63) is 47.8 Å². The minimum atomic E-state index is -1.43. The van der Waals surface area contributed by atoms with Crippen LogP contribution in [0.5, 0.6) is 0 Å². The molecule has 1 aromatic carbocycles. The zero-order valence-electron chi connectivity index (χ0n) is 8.36. The van der Waals surface area contributed by atoms with E-state index in [9.17, 15) is 13.2 Å². The average molecular weight is 215 g/mol. The highest BCUT2D eigenvalue weighted by molar-refractivity contribution is 5.24. The summed E-state index contributed by atoms with van der Waals surface area (Å²) >= 11 is 0. The Labute approximate surface area is 86.6 Å². The van der Waals surface area contributed by atoms with Gasteiger partial charge < -0.3 is 5.32 Å². The quantitative estimate of drug-likeness (QED) is 0.601. The van der Waals surface area contributed by atoms with Crippen LogP contribution in [0, 0.1) is 17.5 Å². The predicted molar refractivity (Wildman–Crippen MR) is 52.9 cm³/mol. The largest absolute Gasteiger partial charge is 0.313 e. The van der Waals surface area contributed by atoms with Crippen LogP contribution in [-0.4, -0.2) is 7.05 Å². The van der Waals surface area contributed by atoms with E-state index >= 15 is 0 Å². The Kier molecular flexibility index (Phi) is 3.91. The first-order valence-corrected chi connectivity index (χ1v) is 4.53. The molecular weight excluding hydrogens is 203 g/mol. The summed E-state index contributed by atoms with van der Waals surface area (Å²) in [6.45, 7) is 3.51. The zero-order chi connectivity index (χ0) is 11.4. The van der Waals surface area contributed by atoms with E-state index in [4.69, 9.17) is 0 Å². The number of rotatable bonds is 4. The van der Waals surface area contributed by atoms with Gasteiger partial charge in [-0.25, -0.2) is 13.2 Å². The Morgan fingerprint density at radius 2 is 2.00 bits per heavy atom. The van der Waals surface area contributed by atoms with Crippen LogP contribution in [0.3, 0.4) is 0 Å². The lowest BCUT2D eigenvalue weighted by Gasteiger charge is -2.15. The number of halogens is 3. The van der Waals surface area contributed by atoms with E-state index in [0.29, 0.717) is 6.42 Å². The maximum atomic E-state index is 13.3. The molecule has 1 aromatic rings. The molecule has 1 atom stereocenters. The van der Waals surface area contributed by atoms with E-state index < -0.39 is 23.5 Å². The predicted octanol–water partition coefficient (Wildman–Crippen LogP) is 2.94. The molecule has 0 aliphatic rings. The molecule has 0 heterocycles. The van der Waals surface area contributed by atoms with E-state index in [1.807, 2.05) is 0 Å². The second-order valence-corrected chi connectivity index (χ2v) is 3.13. The van der Waals surface area contributed by atoms with Crippen LogP contribution in [0.2, 0.25) is 0 Å². The van der Waals surface area contributed by atoms with Gasteiger partial charge in [0.05, 0.1) is 0 Å². The zero-order valence-corrected chi connectivity index (χ0v) is 8.36. The first-order valence-electron chi connectivity index (χ1n) is 4.53. The van der Waals surface area contributed by atoms with E-state index in [-0.39, 0.29) is 5.56 Å². The van der Waals surface area contributed by atoms with Gasteiger partial charge in [-0.3, -0.25) is 0 Å². The lowest BCUT2D eigenvalue weighted by molar-refractivity contribution is 0.429. The van der Waals surface area contributed by atoms with Gasteiger partial charge in [-0.2, -0.15) is 0 Å². The van der Waals surface area contributed by atoms with Gasteiger partial charge in [-0.05, 0) is 19.5 Å². The van der Waals surface area contributed by atoms with Crippen molar-refractivity contribution in [3.8, 4) is 0 Å². The molecule has 15 heavy (non-hydrogen) atoms. The molecule has 0 bridgehead atoms. The van der Waals surface area contributed by atoms with Crippen molar-refractivity contribution in [1.82, 2.24) is 5.32 Å². The molecule has 4 heteroatoms. The standard InChI is InChI=1S/C11H12F3N/c1-3-4-9(15-2)7-5-6-8(12)11(14)10(7)13/h3,5-6,9,15H,1,4H2,2H3. The second kappa shape index (κ2) is 4.98. The monoisotopic (exact) mass is 215 g/mol. The first-order chi connectivity index (χ1) is 7.11. The molecule has 1 N–H and O–H groups in total. The molecule has 0 fully saturated rings. The van der Waals surface area contributed by atoms with E-state index in [1.54, 1.807) is 13.1 Å². The van der Waals surface area contributed by atoms with Gasteiger partial charge in [0.1, 0.15) is 0 Å². The van der Waals surface area contributed by atoms with Gasteiger partial charge in [0, 0.05) is 11.6 Å². The molecular formula is C11H12F3N. The van der Waals surface area contributed by atoms with Crippen molar-refractivity contribution < 1.29 is 13.2 Å². The first kappa shape index (κ1) is 11.8. The summed E-state index contributed by atoms with van der Waals surface area (Å²) < 4.78 is 38.9. The third-order valence-electron chi connectivity index (χ3n) is 2.19. The third kappa shape index (κ3) is 2.39. The molecule has 0 aromatic heterocycles. The van der Waals surface area contributed by atoms with Crippen molar-refractivity contribution in [2.45, 2.75) is 12.5 Å². The van der Waals surface area contributed by atoms with Crippen LogP contribution < -0.4 is 5.32 Å². The third-order valence-corrected chi connectivity index (χ3v) is 2.19. The minimum Gasteiger partial charge on any atom is -0.313 e. The summed E-state index contributed by atoms with van der Waals surface area (Å²) in [5.41, 5.74) is 0.108. The normalized spacial score (nSPS) is 12.5. The molecule has 0 saturated heterocycles. The molecule has 0 saturated carbocycles. The van der Waals surface area contributed by atoms with Crippen molar-refractivity contribution in [2.75, 3.05) is 7.05 Å². The van der Waals surface area contributed by atoms with E-state index in [0.717, 1.165) is 6.07 Å². The highest BCUT2D eigenvalue weighted by Gasteiger charge is 2.18. The van der Waals surface area contributed by atoms with Gasteiger partial charge >= 0.3 is 0 Å². The molecule has 1 nitrogen and oxygen atoms in total. The molecule has 0 radical (unpaired) electrons. The Morgan fingerprint density at radius 1 is 1.33 bits per heavy atom. The van der Waals surface area contributed by atoms with Gasteiger partial charge in [0.25, 0.3) is 0 Å². The van der Waals surface area contributed by atoms with Crippen LogP contribution in [0.15, 0.2) is 24.8 Å². The average Bonchev–Trinajstić information content (AvgIpc) is 2.24. The van der Waals surface area contributed by atoms with Gasteiger partial charge in [-0.15, -0.1) is 6.58 Å². The summed E-state index contributed by atoms with van der Waals surface area (Å²) in [6.07, 6.45) is 2.03. The van der Waals surface area contributed by atoms with Crippen molar-refractivity contribution in [3.63, 3.8) is 0 Å². The van der Waals surface area contributed by atoms with Gasteiger partial charge in [0.15, 0.2) is 17.5 Å². The smallest absolute Gasteiger partial charge is 0.194 e. The maximum Gasteiger partial charge on any atom is 0.194 e. The fourth-order valence-electron chi connectivity index (χ4n) is 1.38. The number of benzene rings is 1. The number of hydrogen-bond donors (Lipinski definition) is 1. The van der Waals surface area contributed by atoms with Crippen LogP contribution in [0.1, 0.15) is 18.0 Å². The molecule has 0 spiro atoms. The fourth-order valence-corrected chi connectivity index (χ4v) is 1.38. The Hall–Kier alpha value is -1.29. The van der Waals surface area contributed by atoms with Crippen molar-refractivity contribution in [2.24, 2.45) is 0 Å². The molecule has 0 amide bonds. The summed E-state index contributed by atoms with van der Waals surface area (Å²) in [5, 5.41) is 2.81. The molecule has 1 unspecified atom stereocenters. The molecule has 1 rings (SSSR count). The van der Waals surface area contributed by atoms with Crippen molar-refractivity contribution in [1.29, 1.82) is 0 Å². The maximum absolute atomic E-state index is 13.3. The Morgan fingerprint density at radius 3 is 2.53 bits per heavy atom. The van der Waals surface area contributed by atoms with Crippen molar-refractivity contribution >= 4 is 0 Å². The molecule has 0 aliphatic carbocycles. The highest BCUT2D eigenvalue weighted by atomic mass is 19.2. The highest BCUT2D eigenvalue weighted by Crippen LogP contribution is 2.23. The Balaban J connectivity index is 3.13. The van der Waals surface area contributed by atoms with E-state index in [2.05, 4.69) is 11.9 Å². The molecule has 0 aliphatic heterocycles.